The molecule has 0 fully saturated rings. The average Bonchev–Trinajstić information content (AvgIpc) is 2.86. The van der Waals surface area contributed by atoms with E-state index >= 15 is 0 Å². The lowest BCUT2D eigenvalue weighted by atomic mass is 9.95. The molecule has 0 saturated heterocycles. The van der Waals surface area contributed by atoms with Crippen LogP contribution in [0.25, 0.3) is 0 Å². The van der Waals surface area contributed by atoms with Crippen molar-refractivity contribution in [3.05, 3.63) is 12.7 Å². The average molecular weight is 527 g/mol. The Kier molecular flexibility index (Phi) is 20.0. The molecule has 0 rings (SSSR count). The highest BCUT2D eigenvalue weighted by molar-refractivity contribution is 5.71. The van der Waals surface area contributed by atoms with Gasteiger partial charge in [0.1, 0.15) is 17.8 Å². The van der Waals surface area contributed by atoms with Gasteiger partial charge in [-0.3, -0.25) is 14.4 Å². The number of hydrogen-bond acceptors (Lipinski definition) is 3. The van der Waals surface area contributed by atoms with E-state index in [9.17, 15) is 29.7 Å². The SMILES string of the molecule is C=CCCCCCCCCCCCCC[N+](CC(CC)C(=O)O)(CC(CC)C(=O)O)CC(CC)C(=O)O. The zero-order valence-corrected chi connectivity index (χ0v) is 24.0. The van der Waals surface area contributed by atoms with Crippen molar-refractivity contribution in [1.29, 1.82) is 0 Å². The van der Waals surface area contributed by atoms with Gasteiger partial charge in [0.15, 0.2) is 0 Å². The van der Waals surface area contributed by atoms with Gasteiger partial charge in [-0.2, -0.15) is 0 Å². The van der Waals surface area contributed by atoms with Crippen molar-refractivity contribution in [1.82, 2.24) is 0 Å². The fourth-order valence-electron chi connectivity index (χ4n) is 5.37. The molecule has 0 saturated carbocycles. The van der Waals surface area contributed by atoms with E-state index in [2.05, 4.69) is 6.58 Å². The molecule has 3 atom stereocenters. The summed E-state index contributed by atoms with van der Waals surface area (Å²) >= 11 is 0. The molecular formula is C30H56NO6+. The van der Waals surface area contributed by atoms with E-state index in [1.165, 1.54) is 51.4 Å². The Morgan fingerprint density at radius 1 is 0.595 bits per heavy atom. The second kappa shape index (κ2) is 21.1. The van der Waals surface area contributed by atoms with Crippen molar-refractivity contribution in [2.45, 2.75) is 117 Å². The van der Waals surface area contributed by atoms with Gasteiger partial charge < -0.3 is 19.8 Å². The summed E-state index contributed by atoms with van der Waals surface area (Å²) in [6, 6.07) is 0. The molecular weight excluding hydrogens is 470 g/mol. The first kappa shape index (κ1) is 35.1. The number of allylic oxidation sites excluding steroid dienone is 1. The van der Waals surface area contributed by atoms with Gasteiger partial charge >= 0.3 is 17.9 Å². The van der Waals surface area contributed by atoms with Crippen LogP contribution in [0.15, 0.2) is 12.7 Å². The Labute approximate surface area is 225 Å². The smallest absolute Gasteiger partial charge is 0.312 e. The quantitative estimate of drug-likeness (QED) is 0.0635. The molecule has 7 nitrogen and oxygen atoms in total. The van der Waals surface area contributed by atoms with E-state index in [4.69, 9.17) is 0 Å². The van der Waals surface area contributed by atoms with Crippen LogP contribution in [0.4, 0.5) is 0 Å². The van der Waals surface area contributed by atoms with E-state index in [-0.39, 0.29) is 24.1 Å². The number of unbranched alkanes of at least 4 members (excludes halogenated alkanes) is 11. The zero-order chi connectivity index (χ0) is 28.1. The molecule has 0 spiro atoms. The molecule has 3 N–H and O–H groups in total. The van der Waals surface area contributed by atoms with Crippen molar-refractivity contribution in [3.63, 3.8) is 0 Å². The van der Waals surface area contributed by atoms with E-state index in [1.54, 1.807) is 0 Å². The maximum atomic E-state index is 11.9. The molecule has 7 heteroatoms. The van der Waals surface area contributed by atoms with E-state index < -0.39 is 35.7 Å². The van der Waals surface area contributed by atoms with Crippen LogP contribution in [0.2, 0.25) is 0 Å². The lowest BCUT2D eigenvalue weighted by molar-refractivity contribution is -0.935. The summed E-state index contributed by atoms with van der Waals surface area (Å²) in [5.41, 5.74) is 0. The summed E-state index contributed by atoms with van der Waals surface area (Å²) in [6.45, 7) is 10.7. The van der Waals surface area contributed by atoms with Crippen LogP contribution in [0.3, 0.4) is 0 Å². The standard InChI is InChI=1S/C30H55NO6/c1-5-9-10-11-12-13-14-15-16-17-18-19-20-21-31(22-25(6-2)28(32)33,23-26(7-3)29(34)35)24-27(8-4)30(36)37/h5,25-27H,1,6-24H2,2-4H3,(H2-,32,33,34,35,36,37)/p+1. The fraction of sp³-hybridized carbons (Fsp3) is 0.833. The summed E-state index contributed by atoms with van der Waals surface area (Å²) in [5, 5.41) is 29.3. The van der Waals surface area contributed by atoms with Crippen LogP contribution < -0.4 is 0 Å². The summed E-state index contributed by atoms with van der Waals surface area (Å²) in [4.78, 5) is 35.8. The van der Waals surface area contributed by atoms with Crippen LogP contribution >= 0.6 is 0 Å². The first-order valence-electron chi connectivity index (χ1n) is 14.8. The minimum absolute atomic E-state index is 0.256. The van der Waals surface area contributed by atoms with Gasteiger partial charge in [-0.25, -0.2) is 0 Å². The number of carboxylic acids is 3. The second-order valence-electron chi connectivity index (χ2n) is 10.9. The fourth-order valence-corrected chi connectivity index (χ4v) is 5.37. The van der Waals surface area contributed by atoms with Crippen molar-refractivity contribution in [2.75, 3.05) is 26.2 Å². The Balaban J connectivity index is 5.09. The molecule has 37 heavy (non-hydrogen) atoms. The highest BCUT2D eigenvalue weighted by Crippen LogP contribution is 2.25. The Bertz CT molecular complexity index is 590. The Morgan fingerprint density at radius 2 is 0.892 bits per heavy atom. The summed E-state index contributed by atoms with van der Waals surface area (Å²) in [6.07, 6.45) is 17.4. The van der Waals surface area contributed by atoms with E-state index in [1.807, 2.05) is 26.8 Å². The number of quaternary nitrogens is 1. The van der Waals surface area contributed by atoms with E-state index in [0.717, 1.165) is 25.7 Å². The maximum absolute atomic E-state index is 11.9. The molecule has 0 aliphatic carbocycles. The van der Waals surface area contributed by atoms with Gasteiger partial charge in [0, 0.05) is 0 Å². The number of carboxylic acid groups (broad SMARTS) is 3. The highest BCUT2D eigenvalue weighted by Gasteiger charge is 2.40. The molecule has 0 amide bonds. The molecule has 0 aromatic carbocycles. The first-order chi connectivity index (χ1) is 17.7. The predicted octanol–water partition coefficient (Wildman–Crippen LogP) is 7.00. The van der Waals surface area contributed by atoms with Crippen LogP contribution in [-0.2, 0) is 14.4 Å². The normalized spacial score (nSPS) is 15.4. The molecule has 0 bridgehead atoms. The third-order valence-corrected chi connectivity index (χ3v) is 7.89. The summed E-state index contributed by atoms with van der Waals surface area (Å²) < 4.78 is 0.256. The molecule has 0 heterocycles. The molecule has 0 aromatic heterocycles. The van der Waals surface area contributed by atoms with Crippen molar-refractivity contribution in [3.8, 4) is 0 Å². The number of aliphatic carboxylic acids is 3. The molecule has 0 aliphatic rings. The van der Waals surface area contributed by atoms with Crippen LogP contribution in [-0.4, -0.2) is 63.9 Å². The topological polar surface area (TPSA) is 112 Å². The van der Waals surface area contributed by atoms with Gasteiger partial charge in [-0.15, -0.1) is 6.58 Å². The minimum Gasteiger partial charge on any atom is -0.481 e. The monoisotopic (exact) mass is 526 g/mol. The van der Waals surface area contributed by atoms with Crippen molar-refractivity contribution >= 4 is 17.9 Å². The van der Waals surface area contributed by atoms with Gasteiger partial charge in [0.2, 0.25) is 0 Å². The lowest BCUT2D eigenvalue weighted by Gasteiger charge is -2.43. The lowest BCUT2D eigenvalue weighted by Crippen LogP contribution is -2.58. The van der Waals surface area contributed by atoms with Gasteiger partial charge in [-0.05, 0) is 44.9 Å². The van der Waals surface area contributed by atoms with Gasteiger partial charge in [0.05, 0.1) is 26.2 Å². The van der Waals surface area contributed by atoms with E-state index in [0.29, 0.717) is 25.8 Å². The molecule has 0 aromatic rings. The van der Waals surface area contributed by atoms with Gasteiger partial charge in [0.25, 0.3) is 0 Å². The molecule has 216 valence electrons. The number of nitrogens with zero attached hydrogens (tertiary/aromatic N) is 1. The second-order valence-corrected chi connectivity index (χ2v) is 10.9. The third kappa shape index (κ3) is 15.8. The van der Waals surface area contributed by atoms with Crippen LogP contribution in [0, 0.1) is 17.8 Å². The predicted molar refractivity (Wildman–Crippen MR) is 150 cm³/mol. The third-order valence-electron chi connectivity index (χ3n) is 7.89. The largest absolute Gasteiger partial charge is 0.481 e. The zero-order valence-electron chi connectivity index (χ0n) is 24.0. The molecule has 3 unspecified atom stereocenters. The maximum Gasteiger partial charge on any atom is 0.312 e. The van der Waals surface area contributed by atoms with Crippen molar-refractivity contribution in [2.24, 2.45) is 17.8 Å². The number of hydrogen-bond donors (Lipinski definition) is 3. The molecule has 0 radical (unpaired) electrons. The molecule has 0 aliphatic heterocycles. The summed E-state index contributed by atoms with van der Waals surface area (Å²) in [7, 11) is 0. The summed E-state index contributed by atoms with van der Waals surface area (Å²) in [5.74, 6) is -4.52. The van der Waals surface area contributed by atoms with Crippen LogP contribution in [0.1, 0.15) is 117 Å². The Hall–Kier alpha value is -1.89. The van der Waals surface area contributed by atoms with Crippen LogP contribution in [0.5, 0.6) is 0 Å². The highest BCUT2D eigenvalue weighted by atomic mass is 16.4. The minimum atomic E-state index is -0.891. The first-order valence-corrected chi connectivity index (χ1v) is 14.8. The number of carbonyl (C=O) groups is 3. The number of rotatable bonds is 26. The van der Waals surface area contributed by atoms with Crippen molar-refractivity contribution < 1.29 is 34.2 Å². The Morgan fingerprint density at radius 3 is 1.16 bits per heavy atom. The van der Waals surface area contributed by atoms with Gasteiger partial charge in [-0.1, -0.05) is 78.2 Å².